The largest absolute Gasteiger partial charge is 0.329 e. The monoisotopic (exact) mass is 280 g/mol. The topological polar surface area (TPSA) is 29.3 Å². The molecule has 2 atom stereocenters. The van der Waals surface area contributed by atoms with Gasteiger partial charge in [-0.2, -0.15) is 0 Å². The van der Waals surface area contributed by atoms with E-state index in [9.17, 15) is 0 Å². The second kappa shape index (κ2) is 5.94. The lowest BCUT2D eigenvalue weighted by molar-refractivity contribution is 0.244. The molecule has 1 aliphatic heterocycles. The Morgan fingerprint density at radius 3 is 2.63 bits per heavy atom. The van der Waals surface area contributed by atoms with Gasteiger partial charge < -0.3 is 5.73 Å². The molecule has 0 aromatic carbocycles. The van der Waals surface area contributed by atoms with Crippen LogP contribution in [0.1, 0.15) is 56.3 Å². The Balaban J connectivity index is 2.12. The van der Waals surface area contributed by atoms with Gasteiger partial charge in [0.1, 0.15) is 0 Å². The van der Waals surface area contributed by atoms with Crippen molar-refractivity contribution in [3.63, 3.8) is 0 Å². The Bertz CT molecular complexity index is 405. The van der Waals surface area contributed by atoms with E-state index in [4.69, 9.17) is 5.73 Å². The minimum Gasteiger partial charge on any atom is -0.329 e. The smallest absolute Gasteiger partial charge is 0.0564 e. The second-order valence-corrected chi connectivity index (χ2v) is 7.88. The van der Waals surface area contributed by atoms with Crippen LogP contribution in [-0.4, -0.2) is 24.5 Å². The first-order valence-electron chi connectivity index (χ1n) is 7.50. The highest BCUT2D eigenvalue weighted by Gasteiger charge is 2.29. The van der Waals surface area contributed by atoms with E-state index in [0.717, 1.165) is 12.5 Å². The summed E-state index contributed by atoms with van der Waals surface area (Å²) in [6, 6.07) is 5.01. The van der Waals surface area contributed by atoms with Gasteiger partial charge in [-0.05, 0) is 36.4 Å². The van der Waals surface area contributed by atoms with Crippen LogP contribution in [0, 0.1) is 5.92 Å². The molecule has 108 valence electrons. The zero-order chi connectivity index (χ0) is 14.0. The number of hydrogen-bond donors (Lipinski definition) is 1. The van der Waals surface area contributed by atoms with Gasteiger partial charge in [-0.25, -0.2) is 0 Å². The Hall–Kier alpha value is -0.380. The minimum atomic E-state index is 0.249. The van der Waals surface area contributed by atoms with Gasteiger partial charge in [0, 0.05) is 22.8 Å². The Kier molecular flexibility index (Phi) is 4.70. The predicted molar refractivity (Wildman–Crippen MR) is 84.8 cm³/mol. The fourth-order valence-electron chi connectivity index (χ4n) is 2.86. The highest BCUT2D eigenvalue weighted by molar-refractivity contribution is 7.12. The van der Waals surface area contributed by atoms with Crippen LogP contribution in [-0.2, 0) is 5.41 Å². The van der Waals surface area contributed by atoms with Gasteiger partial charge in [0.15, 0.2) is 0 Å². The summed E-state index contributed by atoms with van der Waals surface area (Å²) in [5, 5.41) is 0. The van der Waals surface area contributed by atoms with Crippen LogP contribution in [0.2, 0.25) is 0 Å². The number of likely N-dealkylation sites (tertiary alicyclic amines) is 1. The maximum Gasteiger partial charge on any atom is 0.0564 e. The SMILES string of the molecule is CCC1CCN(C(CN)c2ccc(C(C)(C)C)s2)C1. The van der Waals surface area contributed by atoms with Gasteiger partial charge in [-0.1, -0.05) is 34.1 Å². The molecule has 0 bridgehead atoms. The quantitative estimate of drug-likeness (QED) is 0.909. The number of nitrogens with two attached hydrogens (primary N) is 1. The average molecular weight is 280 g/mol. The van der Waals surface area contributed by atoms with E-state index in [1.54, 1.807) is 0 Å². The molecule has 2 rings (SSSR count). The molecule has 0 spiro atoms. The maximum absolute atomic E-state index is 6.05. The molecule has 0 saturated carbocycles. The third-order valence-electron chi connectivity index (χ3n) is 4.25. The molecular weight excluding hydrogens is 252 g/mol. The standard InChI is InChI=1S/C16H28N2S/c1-5-12-8-9-18(11-12)13(10-17)14-6-7-15(19-14)16(2,3)4/h6-7,12-13H,5,8-11,17H2,1-4H3. The first kappa shape index (κ1) is 15.0. The van der Waals surface area contributed by atoms with E-state index >= 15 is 0 Å². The Morgan fingerprint density at radius 1 is 1.42 bits per heavy atom. The number of nitrogens with zero attached hydrogens (tertiary/aromatic N) is 1. The summed E-state index contributed by atoms with van der Waals surface area (Å²) in [5.41, 5.74) is 6.30. The Labute approximate surface area is 122 Å². The summed E-state index contributed by atoms with van der Waals surface area (Å²) in [5.74, 6) is 0.871. The Morgan fingerprint density at radius 2 is 2.16 bits per heavy atom. The lowest BCUT2D eigenvalue weighted by Gasteiger charge is -2.26. The van der Waals surface area contributed by atoms with Gasteiger partial charge >= 0.3 is 0 Å². The van der Waals surface area contributed by atoms with Crippen LogP contribution >= 0.6 is 11.3 Å². The molecule has 1 saturated heterocycles. The molecule has 3 heteroatoms. The molecule has 1 aromatic rings. The van der Waals surface area contributed by atoms with E-state index < -0.39 is 0 Å². The molecule has 2 heterocycles. The van der Waals surface area contributed by atoms with E-state index in [0.29, 0.717) is 6.04 Å². The van der Waals surface area contributed by atoms with E-state index in [2.05, 4.69) is 44.7 Å². The van der Waals surface area contributed by atoms with Crippen LogP contribution in [0.3, 0.4) is 0 Å². The van der Waals surface area contributed by atoms with Crippen LogP contribution in [0.5, 0.6) is 0 Å². The summed E-state index contributed by atoms with van der Waals surface area (Å²) in [4.78, 5) is 5.50. The van der Waals surface area contributed by atoms with E-state index in [1.807, 2.05) is 11.3 Å². The summed E-state index contributed by atoms with van der Waals surface area (Å²) in [6.45, 7) is 12.3. The molecule has 2 N–H and O–H groups in total. The van der Waals surface area contributed by atoms with Crippen LogP contribution in [0.15, 0.2) is 12.1 Å². The van der Waals surface area contributed by atoms with Crippen molar-refractivity contribution in [1.82, 2.24) is 4.90 Å². The molecule has 0 aliphatic carbocycles. The molecule has 0 amide bonds. The zero-order valence-corrected chi connectivity index (χ0v) is 13.6. The molecule has 1 aromatic heterocycles. The van der Waals surface area contributed by atoms with Crippen molar-refractivity contribution in [3.8, 4) is 0 Å². The van der Waals surface area contributed by atoms with Crippen molar-refractivity contribution in [1.29, 1.82) is 0 Å². The number of thiophene rings is 1. The lowest BCUT2D eigenvalue weighted by Crippen LogP contribution is -2.31. The minimum absolute atomic E-state index is 0.249. The third-order valence-corrected chi connectivity index (χ3v) is 5.87. The zero-order valence-electron chi connectivity index (χ0n) is 12.8. The van der Waals surface area contributed by atoms with Gasteiger partial charge in [-0.15, -0.1) is 11.3 Å². The molecule has 0 radical (unpaired) electrons. The highest BCUT2D eigenvalue weighted by Crippen LogP contribution is 2.36. The van der Waals surface area contributed by atoms with Crippen molar-refractivity contribution >= 4 is 11.3 Å². The van der Waals surface area contributed by atoms with Crippen molar-refractivity contribution in [2.45, 2.75) is 52.0 Å². The maximum atomic E-state index is 6.05. The van der Waals surface area contributed by atoms with E-state index in [-0.39, 0.29) is 5.41 Å². The van der Waals surface area contributed by atoms with E-state index in [1.165, 1.54) is 35.7 Å². The molecule has 19 heavy (non-hydrogen) atoms. The van der Waals surface area contributed by atoms with Crippen molar-refractivity contribution < 1.29 is 0 Å². The third kappa shape index (κ3) is 3.39. The summed E-state index contributed by atoms with van der Waals surface area (Å²) in [6.07, 6.45) is 2.63. The normalized spacial score (nSPS) is 22.9. The van der Waals surface area contributed by atoms with Crippen molar-refractivity contribution in [2.24, 2.45) is 11.7 Å². The molecule has 1 fully saturated rings. The second-order valence-electron chi connectivity index (χ2n) is 6.76. The fourth-order valence-corrected chi connectivity index (χ4v) is 4.07. The first-order valence-corrected chi connectivity index (χ1v) is 8.31. The van der Waals surface area contributed by atoms with Gasteiger partial charge in [-0.3, -0.25) is 4.90 Å². The average Bonchev–Trinajstić information content (AvgIpc) is 2.98. The van der Waals surface area contributed by atoms with Crippen LogP contribution in [0.25, 0.3) is 0 Å². The summed E-state index contributed by atoms with van der Waals surface area (Å²) < 4.78 is 0. The van der Waals surface area contributed by atoms with Crippen LogP contribution in [0.4, 0.5) is 0 Å². The number of rotatable bonds is 4. The summed E-state index contributed by atoms with van der Waals surface area (Å²) >= 11 is 1.95. The van der Waals surface area contributed by atoms with Gasteiger partial charge in [0.05, 0.1) is 6.04 Å². The summed E-state index contributed by atoms with van der Waals surface area (Å²) in [7, 11) is 0. The van der Waals surface area contributed by atoms with Crippen LogP contribution < -0.4 is 5.73 Å². The van der Waals surface area contributed by atoms with Crippen molar-refractivity contribution in [2.75, 3.05) is 19.6 Å². The van der Waals surface area contributed by atoms with Crippen molar-refractivity contribution in [3.05, 3.63) is 21.9 Å². The molecule has 2 unspecified atom stereocenters. The predicted octanol–water partition coefficient (Wildman–Crippen LogP) is 3.78. The van der Waals surface area contributed by atoms with Gasteiger partial charge in [0.2, 0.25) is 0 Å². The molecule has 2 nitrogen and oxygen atoms in total. The molecular formula is C16H28N2S. The lowest BCUT2D eigenvalue weighted by atomic mass is 9.95. The number of hydrogen-bond acceptors (Lipinski definition) is 3. The highest BCUT2D eigenvalue weighted by atomic mass is 32.1. The first-order chi connectivity index (χ1) is 8.95. The molecule has 1 aliphatic rings. The fraction of sp³-hybridized carbons (Fsp3) is 0.750. The van der Waals surface area contributed by atoms with Gasteiger partial charge in [0.25, 0.3) is 0 Å².